The van der Waals surface area contributed by atoms with Crippen LogP contribution >= 0.6 is 0 Å². The van der Waals surface area contributed by atoms with Crippen molar-refractivity contribution in [3.05, 3.63) is 86.5 Å². The molecule has 0 bridgehead atoms. The van der Waals surface area contributed by atoms with Crippen molar-refractivity contribution in [2.75, 3.05) is 11.4 Å². The van der Waals surface area contributed by atoms with Crippen LogP contribution in [0, 0.1) is 29.8 Å². The molecule has 3 aromatic rings. The van der Waals surface area contributed by atoms with Crippen molar-refractivity contribution in [2.45, 2.75) is 33.2 Å². The minimum atomic E-state index is -0.425. The molecule has 0 saturated heterocycles. The van der Waals surface area contributed by atoms with Gasteiger partial charge in [-0.2, -0.15) is 5.10 Å². The molecule has 8 heteroatoms. The molecule has 1 aliphatic rings. The van der Waals surface area contributed by atoms with Gasteiger partial charge >= 0.3 is 5.69 Å². The van der Waals surface area contributed by atoms with Crippen LogP contribution in [-0.4, -0.2) is 27.2 Å². The van der Waals surface area contributed by atoms with Crippen molar-refractivity contribution in [1.82, 2.24) is 9.78 Å². The lowest BCUT2D eigenvalue weighted by Crippen LogP contribution is -2.36. The first-order chi connectivity index (χ1) is 14.4. The lowest BCUT2D eigenvalue weighted by molar-refractivity contribution is -0.386. The van der Waals surface area contributed by atoms with Gasteiger partial charge in [-0.25, -0.2) is 4.39 Å². The number of aromatic nitrogens is 2. The summed E-state index contributed by atoms with van der Waals surface area (Å²) in [7, 11) is 0. The van der Waals surface area contributed by atoms with Gasteiger partial charge in [-0.15, -0.1) is 0 Å². The van der Waals surface area contributed by atoms with Gasteiger partial charge in [0.25, 0.3) is 5.91 Å². The molecule has 154 valence electrons. The average Bonchev–Trinajstić information content (AvgIpc) is 3.01. The maximum Gasteiger partial charge on any atom is 0.312 e. The third-order valence-electron chi connectivity index (χ3n) is 5.47. The van der Waals surface area contributed by atoms with Crippen molar-refractivity contribution in [3.8, 4) is 0 Å². The van der Waals surface area contributed by atoms with E-state index in [4.69, 9.17) is 0 Å². The summed E-state index contributed by atoms with van der Waals surface area (Å²) in [6.07, 6.45) is 1.54. The number of carbonyl (C=O) groups excluding carboxylic acids is 1. The number of fused-ring (bicyclic) bond motifs is 1. The van der Waals surface area contributed by atoms with Crippen LogP contribution in [0.2, 0.25) is 0 Å². The van der Waals surface area contributed by atoms with E-state index in [0.29, 0.717) is 35.7 Å². The van der Waals surface area contributed by atoms with Crippen LogP contribution in [0.3, 0.4) is 0 Å². The van der Waals surface area contributed by atoms with Gasteiger partial charge in [-0.1, -0.05) is 24.3 Å². The Morgan fingerprint density at radius 2 is 1.93 bits per heavy atom. The van der Waals surface area contributed by atoms with Crippen LogP contribution in [0.25, 0.3) is 0 Å². The molecule has 1 aliphatic heterocycles. The fourth-order valence-electron chi connectivity index (χ4n) is 3.99. The third-order valence-corrected chi connectivity index (χ3v) is 5.47. The van der Waals surface area contributed by atoms with Crippen LogP contribution in [0.15, 0.2) is 42.5 Å². The second-order valence-electron chi connectivity index (χ2n) is 7.44. The smallest absolute Gasteiger partial charge is 0.305 e. The summed E-state index contributed by atoms with van der Waals surface area (Å²) in [5.41, 5.74) is 3.41. The van der Waals surface area contributed by atoms with Gasteiger partial charge < -0.3 is 4.90 Å². The van der Waals surface area contributed by atoms with E-state index >= 15 is 0 Å². The molecular weight excluding hydrogens is 387 g/mol. The second kappa shape index (κ2) is 7.70. The Labute approximate surface area is 172 Å². The van der Waals surface area contributed by atoms with E-state index < -0.39 is 4.92 Å². The lowest BCUT2D eigenvalue weighted by atomic mass is 10.00. The number of amides is 1. The van der Waals surface area contributed by atoms with Gasteiger partial charge in [0.2, 0.25) is 0 Å². The highest BCUT2D eigenvalue weighted by atomic mass is 19.1. The topological polar surface area (TPSA) is 81.3 Å². The maximum absolute atomic E-state index is 14.4. The highest BCUT2D eigenvalue weighted by molar-refractivity contribution is 6.06. The van der Waals surface area contributed by atoms with Crippen LogP contribution < -0.4 is 4.90 Å². The maximum atomic E-state index is 14.4. The molecule has 0 fully saturated rings. The molecule has 2 aromatic carbocycles. The van der Waals surface area contributed by atoms with Gasteiger partial charge in [-0.05, 0) is 56.0 Å². The first-order valence-electron chi connectivity index (χ1n) is 9.73. The summed E-state index contributed by atoms with van der Waals surface area (Å²) in [6, 6.07) is 11.9. The van der Waals surface area contributed by atoms with Crippen molar-refractivity contribution >= 4 is 17.3 Å². The number of carbonyl (C=O) groups is 1. The number of rotatable bonds is 4. The molecule has 4 rings (SSSR count). The number of aryl methyl sites for hydroxylation is 2. The Hall–Kier alpha value is -3.55. The Bertz CT molecular complexity index is 1140. The highest BCUT2D eigenvalue weighted by Crippen LogP contribution is 2.31. The minimum Gasteiger partial charge on any atom is -0.305 e. The first-order valence-corrected chi connectivity index (χ1v) is 9.73. The number of nitro groups is 1. The molecule has 0 spiro atoms. The second-order valence-corrected chi connectivity index (χ2v) is 7.44. The number of halogens is 1. The summed E-state index contributed by atoms with van der Waals surface area (Å²) in [5, 5.41) is 15.4. The van der Waals surface area contributed by atoms with Crippen LogP contribution in [0.1, 0.15) is 39.3 Å². The zero-order chi connectivity index (χ0) is 21.4. The van der Waals surface area contributed by atoms with Crippen LogP contribution in [0.4, 0.5) is 15.8 Å². The molecule has 2 heterocycles. The summed E-state index contributed by atoms with van der Waals surface area (Å²) in [4.78, 5) is 25.3. The number of para-hydroxylation sites is 1. The Morgan fingerprint density at radius 3 is 2.60 bits per heavy atom. The van der Waals surface area contributed by atoms with Gasteiger partial charge in [0.1, 0.15) is 17.2 Å². The molecule has 1 aromatic heterocycles. The number of hydrogen-bond acceptors (Lipinski definition) is 4. The number of anilines is 1. The Balaban J connectivity index is 1.56. The SMILES string of the molecule is Cc1nn(Cc2ccc(C(=O)N3CCCc4cccc(F)c43)cc2)c(C)c1[N+](=O)[O-]. The van der Waals surface area contributed by atoms with E-state index in [1.807, 2.05) is 6.07 Å². The standard InChI is InChI=1S/C22H21FN4O3/c1-14-20(27(29)30)15(2)26(24-14)13-16-8-10-18(11-9-16)22(28)25-12-4-6-17-5-3-7-19(23)21(17)25/h3,5,7-11H,4,6,12-13H2,1-2H3. The van der Waals surface area contributed by atoms with E-state index in [2.05, 4.69) is 5.10 Å². The molecule has 0 unspecified atom stereocenters. The quantitative estimate of drug-likeness (QED) is 0.479. The lowest BCUT2D eigenvalue weighted by Gasteiger charge is -2.30. The highest BCUT2D eigenvalue weighted by Gasteiger charge is 2.26. The van der Waals surface area contributed by atoms with E-state index in [1.54, 1.807) is 48.9 Å². The summed E-state index contributed by atoms with van der Waals surface area (Å²) in [6.45, 7) is 4.11. The minimum absolute atomic E-state index is 0.0209. The number of nitrogens with zero attached hydrogens (tertiary/aromatic N) is 4. The molecule has 0 radical (unpaired) electrons. The van der Waals surface area contributed by atoms with Crippen molar-refractivity contribution in [2.24, 2.45) is 0 Å². The molecule has 0 atom stereocenters. The molecule has 30 heavy (non-hydrogen) atoms. The van der Waals surface area contributed by atoms with Gasteiger partial charge in [0, 0.05) is 12.1 Å². The Kier molecular flexibility index (Phi) is 5.07. The fourth-order valence-corrected chi connectivity index (χ4v) is 3.99. The number of hydrogen-bond donors (Lipinski definition) is 0. The van der Waals surface area contributed by atoms with Crippen molar-refractivity contribution in [1.29, 1.82) is 0 Å². The monoisotopic (exact) mass is 408 g/mol. The average molecular weight is 408 g/mol. The largest absolute Gasteiger partial charge is 0.312 e. The molecule has 1 amide bonds. The predicted octanol–water partition coefficient (Wildman–Crippen LogP) is 4.19. The third kappa shape index (κ3) is 3.45. The van der Waals surface area contributed by atoms with Crippen molar-refractivity contribution in [3.63, 3.8) is 0 Å². The fraction of sp³-hybridized carbons (Fsp3) is 0.273. The van der Waals surface area contributed by atoms with Gasteiger partial charge in [0.15, 0.2) is 0 Å². The molecule has 0 saturated carbocycles. The van der Waals surface area contributed by atoms with Gasteiger partial charge in [0.05, 0.1) is 17.2 Å². The molecule has 0 aliphatic carbocycles. The van der Waals surface area contributed by atoms with Gasteiger partial charge in [-0.3, -0.25) is 19.6 Å². The van der Waals surface area contributed by atoms with Crippen LogP contribution in [0.5, 0.6) is 0 Å². The van der Waals surface area contributed by atoms with E-state index in [-0.39, 0.29) is 17.4 Å². The van der Waals surface area contributed by atoms with Crippen LogP contribution in [-0.2, 0) is 13.0 Å². The molecule has 0 N–H and O–H groups in total. The summed E-state index contributed by atoms with van der Waals surface area (Å²) < 4.78 is 16.0. The summed E-state index contributed by atoms with van der Waals surface area (Å²) >= 11 is 0. The first kappa shape index (κ1) is 19.8. The molecule has 7 nitrogen and oxygen atoms in total. The zero-order valence-corrected chi connectivity index (χ0v) is 16.8. The van der Waals surface area contributed by atoms with E-state index in [1.165, 1.54) is 11.0 Å². The van der Waals surface area contributed by atoms with Crippen molar-refractivity contribution < 1.29 is 14.1 Å². The summed E-state index contributed by atoms with van der Waals surface area (Å²) in [5.74, 6) is -0.627. The normalized spacial score (nSPS) is 13.2. The van der Waals surface area contributed by atoms with E-state index in [0.717, 1.165) is 24.0 Å². The Morgan fingerprint density at radius 1 is 1.20 bits per heavy atom. The van der Waals surface area contributed by atoms with E-state index in [9.17, 15) is 19.3 Å². The number of benzene rings is 2. The predicted molar refractivity (Wildman–Crippen MR) is 110 cm³/mol. The molecular formula is C22H21FN4O3. The zero-order valence-electron chi connectivity index (χ0n) is 16.8.